The van der Waals surface area contributed by atoms with Gasteiger partial charge in [0, 0.05) is 6.54 Å². The van der Waals surface area contributed by atoms with Crippen LogP contribution in [0.5, 0.6) is 5.75 Å². The van der Waals surface area contributed by atoms with Crippen molar-refractivity contribution in [2.45, 2.75) is 24.8 Å². The molecule has 1 heterocycles. The van der Waals surface area contributed by atoms with Crippen LogP contribution in [0.3, 0.4) is 0 Å². The Morgan fingerprint density at radius 1 is 1.20 bits per heavy atom. The molecule has 4 nitrogen and oxygen atoms in total. The zero-order valence-electron chi connectivity index (χ0n) is 11.2. The molecular formula is C14H17NO3S2. The normalized spacial score (nSPS) is 11.4. The van der Waals surface area contributed by atoms with E-state index in [1.165, 1.54) is 0 Å². The van der Waals surface area contributed by atoms with Crippen LogP contribution >= 0.6 is 11.3 Å². The molecule has 0 spiro atoms. The van der Waals surface area contributed by atoms with E-state index >= 15 is 0 Å². The smallest absolute Gasteiger partial charge is 0.240 e. The summed E-state index contributed by atoms with van der Waals surface area (Å²) >= 11 is 1.54. The molecule has 0 saturated carbocycles. The SMILES string of the molecule is CCCOc1ccc(S(=O)(=O)NCc2ccsc2)cc1. The molecule has 0 radical (unpaired) electrons. The highest BCUT2D eigenvalue weighted by Crippen LogP contribution is 2.16. The van der Waals surface area contributed by atoms with Crippen LogP contribution in [0.4, 0.5) is 0 Å². The molecule has 6 heteroatoms. The predicted molar refractivity (Wildman–Crippen MR) is 80.6 cm³/mol. The van der Waals surface area contributed by atoms with Crippen LogP contribution in [-0.4, -0.2) is 15.0 Å². The maximum absolute atomic E-state index is 12.1. The number of hydrogen-bond donors (Lipinski definition) is 1. The number of ether oxygens (including phenoxy) is 1. The highest BCUT2D eigenvalue weighted by atomic mass is 32.2. The Bertz CT molecular complexity index is 619. The summed E-state index contributed by atoms with van der Waals surface area (Å²) in [6.45, 7) is 2.95. The van der Waals surface area contributed by atoms with Crippen LogP contribution in [0.25, 0.3) is 0 Å². The lowest BCUT2D eigenvalue weighted by Gasteiger charge is -2.08. The summed E-state index contributed by atoms with van der Waals surface area (Å²) in [7, 11) is -3.47. The molecule has 0 fully saturated rings. The zero-order chi connectivity index (χ0) is 14.4. The van der Waals surface area contributed by atoms with Gasteiger partial charge in [0.15, 0.2) is 0 Å². The average molecular weight is 311 g/mol. The third kappa shape index (κ3) is 4.06. The van der Waals surface area contributed by atoms with Crippen LogP contribution in [0, 0.1) is 0 Å². The van der Waals surface area contributed by atoms with Crippen LogP contribution in [0.2, 0.25) is 0 Å². The molecular weight excluding hydrogens is 294 g/mol. The van der Waals surface area contributed by atoms with E-state index in [0.29, 0.717) is 18.9 Å². The van der Waals surface area contributed by atoms with Gasteiger partial charge in [0.2, 0.25) is 10.0 Å². The van der Waals surface area contributed by atoms with Gasteiger partial charge in [-0.1, -0.05) is 6.92 Å². The quantitative estimate of drug-likeness (QED) is 0.855. The standard InChI is InChI=1S/C14H17NO3S2/c1-2-8-18-13-3-5-14(6-4-13)20(16,17)15-10-12-7-9-19-11-12/h3-7,9,11,15H,2,8,10H2,1H3. The first-order chi connectivity index (χ1) is 9.62. The van der Waals surface area contributed by atoms with Crippen molar-refractivity contribution in [1.82, 2.24) is 4.72 Å². The average Bonchev–Trinajstić information content (AvgIpc) is 2.97. The van der Waals surface area contributed by atoms with Crippen LogP contribution in [0.1, 0.15) is 18.9 Å². The van der Waals surface area contributed by atoms with E-state index in [-0.39, 0.29) is 4.90 Å². The molecule has 0 aliphatic carbocycles. The minimum absolute atomic E-state index is 0.247. The lowest BCUT2D eigenvalue weighted by molar-refractivity contribution is 0.317. The maximum atomic E-state index is 12.1. The van der Waals surface area contributed by atoms with E-state index in [4.69, 9.17) is 4.74 Å². The fourth-order valence-corrected chi connectivity index (χ4v) is 3.28. The van der Waals surface area contributed by atoms with Gasteiger partial charge in [0.1, 0.15) is 5.75 Å². The van der Waals surface area contributed by atoms with Crippen LogP contribution in [0.15, 0.2) is 46.0 Å². The van der Waals surface area contributed by atoms with Crippen LogP contribution in [-0.2, 0) is 16.6 Å². The number of sulfonamides is 1. The number of hydrogen-bond acceptors (Lipinski definition) is 4. The Hall–Kier alpha value is -1.37. The highest BCUT2D eigenvalue weighted by molar-refractivity contribution is 7.89. The summed E-state index contributed by atoms with van der Waals surface area (Å²) in [5.41, 5.74) is 0.960. The van der Waals surface area contributed by atoms with E-state index in [1.54, 1.807) is 35.6 Å². The van der Waals surface area contributed by atoms with Gasteiger partial charge in [-0.2, -0.15) is 11.3 Å². The van der Waals surface area contributed by atoms with Crippen LogP contribution < -0.4 is 9.46 Å². The lowest BCUT2D eigenvalue weighted by atomic mass is 10.3. The highest BCUT2D eigenvalue weighted by Gasteiger charge is 2.13. The molecule has 0 unspecified atom stereocenters. The molecule has 0 bridgehead atoms. The molecule has 0 atom stereocenters. The van der Waals surface area contributed by atoms with Gasteiger partial charge in [-0.05, 0) is 53.1 Å². The Kier molecular flexibility index (Phi) is 5.17. The molecule has 2 aromatic rings. The molecule has 0 amide bonds. The fraction of sp³-hybridized carbons (Fsp3) is 0.286. The zero-order valence-corrected chi connectivity index (χ0v) is 12.8. The molecule has 108 valence electrons. The monoisotopic (exact) mass is 311 g/mol. The summed E-state index contributed by atoms with van der Waals surface area (Å²) < 4.78 is 32.2. The second-order valence-electron chi connectivity index (χ2n) is 4.28. The van der Waals surface area contributed by atoms with Crippen molar-refractivity contribution < 1.29 is 13.2 Å². The van der Waals surface area contributed by atoms with E-state index in [9.17, 15) is 8.42 Å². The Morgan fingerprint density at radius 3 is 2.55 bits per heavy atom. The maximum Gasteiger partial charge on any atom is 0.240 e. The molecule has 0 saturated heterocycles. The summed E-state index contributed by atoms with van der Waals surface area (Å²) in [4.78, 5) is 0.247. The van der Waals surface area contributed by atoms with Crippen molar-refractivity contribution in [3.05, 3.63) is 46.7 Å². The van der Waals surface area contributed by atoms with Gasteiger partial charge in [-0.3, -0.25) is 0 Å². The number of thiophene rings is 1. The number of rotatable bonds is 7. The van der Waals surface area contributed by atoms with Crippen molar-refractivity contribution in [1.29, 1.82) is 0 Å². The van der Waals surface area contributed by atoms with Crippen molar-refractivity contribution >= 4 is 21.4 Å². The number of nitrogens with one attached hydrogen (secondary N) is 1. The first kappa shape index (κ1) is 15.0. The van der Waals surface area contributed by atoms with Gasteiger partial charge >= 0.3 is 0 Å². The van der Waals surface area contributed by atoms with Crippen molar-refractivity contribution in [3.8, 4) is 5.75 Å². The fourth-order valence-electron chi connectivity index (χ4n) is 1.59. The summed E-state index contributed by atoms with van der Waals surface area (Å²) in [5, 5.41) is 3.84. The van der Waals surface area contributed by atoms with E-state index < -0.39 is 10.0 Å². The van der Waals surface area contributed by atoms with Crippen molar-refractivity contribution in [3.63, 3.8) is 0 Å². The lowest BCUT2D eigenvalue weighted by Crippen LogP contribution is -2.22. The molecule has 1 aromatic carbocycles. The second-order valence-corrected chi connectivity index (χ2v) is 6.82. The van der Waals surface area contributed by atoms with E-state index in [2.05, 4.69) is 4.72 Å². The summed E-state index contributed by atoms with van der Waals surface area (Å²) in [6.07, 6.45) is 0.919. The molecule has 1 N–H and O–H groups in total. The predicted octanol–water partition coefficient (Wildman–Crippen LogP) is 3.02. The van der Waals surface area contributed by atoms with Crippen molar-refractivity contribution in [2.75, 3.05) is 6.61 Å². The van der Waals surface area contributed by atoms with Gasteiger partial charge in [-0.25, -0.2) is 13.1 Å². The molecule has 2 rings (SSSR count). The van der Waals surface area contributed by atoms with E-state index in [0.717, 1.165) is 12.0 Å². The summed E-state index contributed by atoms with van der Waals surface area (Å²) in [6, 6.07) is 8.36. The first-order valence-corrected chi connectivity index (χ1v) is 8.78. The minimum atomic E-state index is -3.47. The topological polar surface area (TPSA) is 55.4 Å². The molecule has 0 aliphatic rings. The summed E-state index contributed by atoms with van der Waals surface area (Å²) in [5.74, 6) is 0.684. The number of benzene rings is 1. The Morgan fingerprint density at radius 2 is 1.95 bits per heavy atom. The van der Waals surface area contributed by atoms with Gasteiger partial charge < -0.3 is 4.74 Å². The Balaban J connectivity index is 2.01. The third-order valence-corrected chi connectivity index (χ3v) is 4.80. The van der Waals surface area contributed by atoms with Gasteiger partial charge in [0.05, 0.1) is 11.5 Å². The van der Waals surface area contributed by atoms with Crippen molar-refractivity contribution in [2.24, 2.45) is 0 Å². The Labute approximate surface area is 123 Å². The minimum Gasteiger partial charge on any atom is -0.494 e. The first-order valence-electron chi connectivity index (χ1n) is 6.35. The largest absolute Gasteiger partial charge is 0.494 e. The molecule has 20 heavy (non-hydrogen) atoms. The molecule has 0 aliphatic heterocycles. The second kappa shape index (κ2) is 6.88. The van der Waals surface area contributed by atoms with E-state index in [1.807, 2.05) is 23.8 Å². The third-order valence-electron chi connectivity index (χ3n) is 2.65. The van der Waals surface area contributed by atoms with Gasteiger partial charge in [-0.15, -0.1) is 0 Å². The molecule has 1 aromatic heterocycles. The van der Waals surface area contributed by atoms with Gasteiger partial charge in [0.25, 0.3) is 0 Å².